The molecule has 1 heterocycles. The molecule has 34 heavy (non-hydrogen) atoms. The van der Waals surface area contributed by atoms with Crippen LogP contribution in [0.4, 0.5) is 0 Å². The third kappa shape index (κ3) is 4.31. The fourth-order valence-electron chi connectivity index (χ4n) is 4.22. The van der Waals surface area contributed by atoms with Crippen LogP contribution in [0.25, 0.3) is 16.6 Å². The van der Waals surface area contributed by atoms with Gasteiger partial charge in [-0.3, -0.25) is 14.2 Å². The van der Waals surface area contributed by atoms with Crippen molar-refractivity contribution >= 4 is 16.8 Å². The Hall–Kier alpha value is -3.93. The summed E-state index contributed by atoms with van der Waals surface area (Å²) < 4.78 is 6.93. The number of methoxy groups -OCH3 is 1. The molecule has 174 valence electrons. The number of para-hydroxylation sites is 1. The Morgan fingerprint density at radius 1 is 1.03 bits per heavy atom. The van der Waals surface area contributed by atoms with Gasteiger partial charge in [-0.15, -0.1) is 0 Å². The first-order valence-electron chi connectivity index (χ1n) is 11.5. The van der Waals surface area contributed by atoms with E-state index in [1.807, 2.05) is 56.3 Å². The van der Waals surface area contributed by atoms with Gasteiger partial charge in [0.05, 0.1) is 29.7 Å². The SMILES string of the molecule is CCc1ccc(-n2c(C(C)N(CC)C(=O)c3cccc(OC)c3)nc3ccccc3c2=O)cc1. The maximum atomic E-state index is 13.6. The number of rotatable bonds is 7. The molecule has 1 atom stereocenters. The minimum Gasteiger partial charge on any atom is -0.497 e. The van der Waals surface area contributed by atoms with Gasteiger partial charge < -0.3 is 9.64 Å². The van der Waals surface area contributed by atoms with Crippen molar-refractivity contribution in [3.63, 3.8) is 0 Å². The predicted octanol–water partition coefficient (Wildman–Crippen LogP) is 5.18. The smallest absolute Gasteiger partial charge is 0.266 e. The number of carbonyl (C=O) groups excluding carboxylic acids is 1. The highest BCUT2D eigenvalue weighted by Gasteiger charge is 2.26. The van der Waals surface area contributed by atoms with Gasteiger partial charge in [0, 0.05) is 12.1 Å². The molecule has 0 saturated heterocycles. The van der Waals surface area contributed by atoms with Crippen LogP contribution in [0.2, 0.25) is 0 Å². The van der Waals surface area contributed by atoms with Gasteiger partial charge in [0.1, 0.15) is 11.6 Å². The average molecular weight is 456 g/mol. The lowest BCUT2D eigenvalue weighted by atomic mass is 10.1. The quantitative estimate of drug-likeness (QED) is 0.385. The molecule has 0 aliphatic rings. The first-order valence-corrected chi connectivity index (χ1v) is 11.5. The van der Waals surface area contributed by atoms with Crippen LogP contribution in [0.5, 0.6) is 5.75 Å². The number of ether oxygens (including phenoxy) is 1. The number of aryl methyl sites for hydroxylation is 1. The van der Waals surface area contributed by atoms with E-state index in [2.05, 4.69) is 6.92 Å². The van der Waals surface area contributed by atoms with E-state index in [-0.39, 0.29) is 11.5 Å². The summed E-state index contributed by atoms with van der Waals surface area (Å²) in [5.41, 5.74) is 2.90. The van der Waals surface area contributed by atoms with Crippen molar-refractivity contribution < 1.29 is 9.53 Å². The molecular weight excluding hydrogens is 426 g/mol. The maximum absolute atomic E-state index is 13.6. The Labute approximate surface area is 199 Å². The van der Waals surface area contributed by atoms with Crippen molar-refractivity contribution in [1.82, 2.24) is 14.5 Å². The molecule has 4 aromatic rings. The number of benzene rings is 3. The normalized spacial score (nSPS) is 11.9. The van der Waals surface area contributed by atoms with E-state index in [4.69, 9.17) is 9.72 Å². The van der Waals surface area contributed by atoms with Crippen LogP contribution in [-0.2, 0) is 6.42 Å². The Balaban J connectivity index is 1.87. The minimum absolute atomic E-state index is 0.149. The van der Waals surface area contributed by atoms with Crippen LogP contribution in [0.1, 0.15) is 48.6 Å². The summed E-state index contributed by atoms with van der Waals surface area (Å²) in [6, 6.07) is 21.9. The van der Waals surface area contributed by atoms with Gasteiger partial charge in [-0.25, -0.2) is 4.98 Å². The van der Waals surface area contributed by atoms with Crippen molar-refractivity contribution in [2.75, 3.05) is 13.7 Å². The van der Waals surface area contributed by atoms with Gasteiger partial charge in [-0.05, 0) is 68.3 Å². The lowest BCUT2D eigenvalue weighted by Crippen LogP contribution is -2.37. The Bertz CT molecular complexity index is 1380. The van der Waals surface area contributed by atoms with E-state index in [1.165, 1.54) is 5.56 Å². The van der Waals surface area contributed by atoms with Gasteiger partial charge in [0.25, 0.3) is 11.5 Å². The molecule has 0 radical (unpaired) electrons. The Morgan fingerprint density at radius 2 is 1.76 bits per heavy atom. The van der Waals surface area contributed by atoms with Gasteiger partial charge >= 0.3 is 0 Å². The van der Waals surface area contributed by atoms with E-state index >= 15 is 0 Å². The van der Waals surface area contributed by atoms with Crippen LogP contribution in [0, 0.1) is 0 Å². The average Bonchev–Trinajstić information content (AvgIpc) is 2.89. The van der Waals surface area contributed by atoms with Gasteiger partial charge in [0.15, 0.2) is 0 Å². The molecule has 0 aliphatic heterocycles. The topological polar surface area (TPSA) is 64.4 Å². The summed E-state index contributed by atoms with van der Waals surface area (Å²) in [5.74, 6) is 0.988. The molecule has 0 spiro atoms. The summed E-state index contributed by atoms with van der Waals surface area (Å²) in [6.07, 6.45) is 0.910. The highest BCUT2D eigenvalue weighted by molar-refractivity contribution is 5.95. The molecule has 6 heteroatoms. The number of hydrogen-bond acceptors (Lipinski definition) is 4. The van der Waals surface area contributed by atoms with Gasteiger partial charge in [0.2, 0.25) is 0 Å². The highest BCUT2D eigenvalue weighted by Crippen LogP contribution is 2.25. The minimum atomic E-state index is -0.452. The molecule has 4 rings (SSSR count). The number of fused-ring (bicyclic) bond motifs is 1. The molecule has 0 saturated carbocycles. The number of carbonyl (C=O) groups is 1. The second-order valence-electron chi connectivity index (χ2n) is 8.15. The Morgan fingerprint density at radius 3 is 2.44 bits per heavy atom. The van der Waals surface area contributed by atoms with Crippen LogP contribution in [-0.4, -0.2) is 34.0 Å². The molecule has 0 fully saturated rings. The Kier molecular flexibility index (Phi) is 6.77. The van der Waals surface area contributed by atoms with E-state index in [9.17, 15) is 9.59 Å². The molecule has 1 amide bonds. The first kappa shape index (κ1) is 23.2. The summed E-state index contributed by atoms with van der Waals surface area (Å²) in [4.78, 5) is 33.7. The molecule has 0 N–H and O–H groups in total. The van der Waals surface area contributed by atoms with Gasteiger partial charge in [-0.1, -0.05) is 37.3 Å². The molecule has 0 bridgehead atoms. The molecule has 3 aromatic carbocycles. The third-order valence-corrected chi connectivity index (χ3v) is 6.16. The molecular formula is C28H29N3O3. The van der Waals surface area contributed by atoms with Crippen molar-refractivity contribution in [3.05, 3.63) is 100 Å². The standard InChI is InChI=1S/C28H29N3O3/c1-5-20-14-16-22(17-15-20)31-26(29-25-13-8-7-12-24(25)28(31)33)19(3)30(6-2)27(32)21-10-9-11-23(18-21)34-4/h7-19H,5-6H2,1-4H3. The van der Waals surface area contributed by atoms with Crippen molar-refractivity contribution in [1.29, 1.82) is 0 Å². The van der Waals surface area contributed by atoms with Crippen LogP contribution < -0.4 is 10.3 Å². The third-order valence-electron chi connectivity index (χ3n) is 6.16. The zero-order valence-electron chi connectivity index (χ0n) is 20.0. The second-order valence-corrected chi connectivity index (χ2v) is 8.15. The fraction of sp³-hybridized carbons (Fsp3) is 0.250. The van der Waals surface area contributed by atoms with Crippen molar-refractivity contribution in [3.8, 4) is 11.4 Å². The lowest BCUT2D eigenvalue weighted by molar-refractivity contribution is 0.0693. The second kappa shape index (κ2) is 9.91. The van der Waals surface area contributed by atoms with Crippen molar-refractivity contribution in [2.24, 2.45) is 0 Å². The van der Waals surface area contributed by atoms with Crippen LogP contribution in [0.15, 0.2) is 77.6 Å². The van der Waals surface area contributed by atoms with E-state index in [1.54, 1.807) is 46.9 Å². The highest BCUT2D eigenvalue weighted by atomic mass is 16.5. The van der Waals surface area contributed by atoms with E-state index in [0.717, 1.165) is 12.1 Å². The first-order chi connectivity index (χ1) is 16.5. The van der Waals surface area contributed by atoms with Gasteiger partial charge in [-0.2, -0.15) is 0 Å². The van der Waals surface area contributed by atoms with E-state index in [0.29, 0.717) is 34.6 Å². The zero-order valence-corrected chi connectivity index (χ0v) is 20.0. The maximum Gasteiger partial charge on any atom is 0.266 e. The number of hydrogen-bond donors (Lipinski definition) is 0. The summed E-state index contributed by atoms with van der Waals surface area (Å²) >= 11 is 0. The predicted molar refractivity (Wildman–Crippen MR) is 135 cm³/mol. The van der Waals surface area contributed by atoms with Crippen LogP contribution >= 0.6 is 0 Å². The summed E-state index contributed by atoms with van der Waals surface area (Å²) in [6.45, 7) is 6.38. The number of nitrogens with zero attached hydrogens (tertiary/aromatic N) is 3. The van der Waals surface area contributed by atoms with Crippen LogP contribution in [0.3, 0.4) is 0 Å². The summed E-state index contributed by atoms with van der Waals surface area (Å²) in [5, 5.41) is 0.542. The molecule has 1 aromatic heterocycles. The summed E-state index contributed by atoms with van der Waals surface area (Å²) in [7, 11) is 1.57. The number of amides is 1. The fourth-order valence-corrected chi connectivity index (χ4v) is 4.22. The van der Waals surface area contributed by atoms with E-state index < -0.39 is 6.04 Å². The molecule has 1 unspecified atom stereocenters. The monoisotopic (exact) mass is 455 g/mol. The zero-order chi connectivity index (χ0) is 24.2. The lowest BCUT2D eigenvalue weighted by Gasteiger charge is -2.29. The molecule has 0 aliphatic carbocycles. The van der Waals surface area contributed by atoms with Crippen molar-refractivity contribution in [2.45, 2.75) is 33.2 Å². The largest absolute Gasteiger partial charge is 0.497 e. The number of aromatic nitrogens is 2. The molecule has 6 nitrogen and oxygen atoms in total.